The van der Waals surface area contributed by atoms with E-state index in [0.717, 1.165) is 24.8 Å². The van der Waals surface area contributed by atoms with Gasteiger partial charge < -0.3 is 34.1 Å². The van der Waals surface area contributed by atoms with Crippen molar-refractivity contribution in [2.24, 2.45) is 0 Å². The Kier molecular flexibility index (Phi) is 9.74. The van der Waals surface area contributed by atoms with Gasteiger partial charge in [-0.2, -0.15) is 0 Å². The van der Waals surface area contributed by atoms with Crippen molar-refractivity contribution in [3.63, 3.8) is 0 Å². The molecule has 0 radical (unpaired) electrons. The Morgan fingerprint density at radius 2 is 1.98 bits per heavy atom. The van der Waals surface area contributed by atoms with Gasteiger partial charge in [0.1, 0.15) is 17.2 Å². The van der Waals surface area contributed by atoms with Crippen molar-refractivity contribution in [2.75, 3.05) is 47.1 Å². The van der Waals surface area contributed by atoms with Crippen LogP contribution in [0.25, 0.3) is 11.3 Å². The number of imidazole rings is 1. The molecule has 1 aromatic heterocycles. The lowest BCUT2D eigenvalue weighted by molar-refractivity contribution is -0.0893. The molecule has 1 saturated heterocycles. The van der Waals surface area contributed by atoms with Crippen molar-refractivity contribution >= 4 is 11.9 Å². The van der Waals surface area contributed by atoms with Crippen LogP contribution in [0.2, 0.25) is 0 Å². The molecule has 2 fully saturated rings. The van der Waals surface area contributed by atoms with Gasteiger partial charge >= 0.3 is 5.97 Å². The minimum absolute atomic E-state index is 0.185. The molecule has 5 rings (SSSR count). The number of rotatable bonds is 10. The van der Waals surface area contributed by atoms with Crippen LogP contribution in [0, 0.1) is 5.82 Å². The number of halogens is 1. The van der Waals surface area contributed by atoms with Crippen molar-refractivity contribution in [1.29, 1.82) is 0 Å². The topological polar surface area (TPSA) is 115 Å². The maximum atomic E-state index is 14.2. The predicted octanol–water partition coefficient (Wildman–Crippen LogP) is 3.85. The maximum absolute atomic E-state index is 14.2. The van der Waals surface area contributed by atoms with Crippen LogP contribution in [0.5, 0.6) is 5.75 Å². The van der Waals surface area contributed by atoms with Gasteiger partial charge in [0.2, 0.25) is 0 Å². The predicted molar refractivity (Wildman–Crippen MR) is 158 cm³/mol. The van der Waals surface area contributed by atoms with Crippen LogP contribution in [0.1, 0.15) is 59.0 Å². The van der Waals surface area contributed by atoms with Crippen LogP contribution in [-0.4, -0.2) is 90.1 Å². The average Bonchev–Trinajstić information content (AvgIpc) is 3.47. The molecule has 10 nitrogen and oxygen atoms in total. The SMILES string of the molecule is COC[C@]1(O)CCCC[C@H]1n1cnc(C(=O)N2CCNC[C@H]2CCOc2ccc(F)c(C(=O)OC)c2)c1-c1ccccc1. The highest BCUT2D eigenvalue weighted by Gasteiger charge is 2.42. The van der Waals surface area contributed by atoms with Gasteiger partial charge in [0.15, 0.2) is 5.69 Å². The van der Waals surface area contributed by atoms with Crippen molar-refractivity contribution < 1.29 is 33.3 Å². The number of hydrogen-bond acceptors (Lipinski definition) is 8. The number of aromatic nitrogens is 2. The number of aliphatic hydroxyl groups is 1. The fourth-order valence-corrected chi connectivity index (χ4v) is 6.25. The van der Waals surface area contributed by atoms with Gasteiger partial charge in [0.05, 0.1) is 44.0 Å². The largest absolute Gasteiger partial charge is 0.493 e. The number of nitrogens with zero attached hydrogens (tertiary/aromatic N) is 3. The molecule has 2 heterocycles. The number of ether oxygens (including phenoxy) is 3. The molecular weight excluding hydrogens is 555 g/mol. The summed E-state index contributed by atoms with van der Waals surface area (Å²) in [6, 6.07) is 13.2. The number of esters is 1. The Balaban J connectivity index is 1.39. The zero-order chi connectivity index (χ0) is 30.4. The van der Waals surface area contributed by atoms with Crippen molar-refractivity contribution in [3.05, 3.63) is 71.9 Å². The highest BCUT2D eigenvalue weighted by Crippen LogP contribution is 2.41. The standard InChI is InChI=1S/C32H39FN4O6/c1-41-20-32(40)14-7-6-10-27(32)37-21-35-28(29(37)22-8-4-3-5-9-22)30(38)36-16-15-34-19-23(36)13-17-43-24-11-12-26(33)25(18-24)31(39)42-2/h3-5,8-9,11-12,18,21,23,27,34,40H,6-7,10,13-17,19-20H2,1-2H3/t23-,27-,32-/m1/s1. The third-order valence-corrected chi connectivity index (χ3v) is 8.41. The zero-order valence-corrected chi connectivity index (χ0v) is 24.6. The van der Waals surface area contributed by atoms with Gasteiger partial charge in [-0.05, 0) is 31.0 Å². The Hall–Kier alpha value is -3.80. The Morgan fingerprint density at radius 3 is 2.74 bits per heavy atom. The highest BCUT2D eigenvalue weighted by atomic mass is 19.1. The lowest BCUT2D eigenvalue weighted by Crippen LogP contribution is -2.54. The number of hydrogen-bond donors (Lipinski definition) is 2. The molecule has 3 atom stereocenters. The molecule has 43 heavy (non-hydrogen) atoms. The summed E-state index contributed by atoms with van der Waals surface area (Å²) in [6.07, 6.45) is 5.40. The summed E-state index contributed by atoms with van der Waals surface area (Å²) in [6.45, 7) is 2.15. The number of piperazine rings is 1. The van der Waals surface area contributed by atoms with Crippen LogP contribution in [-0.2, 0) is 9.47 Å². The molecule has 0 spiro atoms. The second-order valence-corrected chi connectivity index (χ2v) is 11.1. The summed E-state index contributed by atoms with van der Waals surface area (Å²) in [5, 5.41) is 15.0. The summed E-state index contributed by atoms with van der Waals surface area (Å²) >= 11 is 0. The molecule has 0 bridgehead atoms. The van der Waals surface area contributed by atoms with E-state index < -0.39 is 17.4 Å². The average molecular weight is 595 g/mol. The van der Waals surface area contributed by atoms with E-state index in [4.69, 9.17) is 9.47 Å². The van der Waals surface area contributed by atoms with Crippen molar-refractivity contribution in [1.82, 2.24) is 19.8 Å². The Morgan fingerprint density at radius 1 is 1.16 bits per heavy atom. The lowest BCUT2D eigenvalue weighted by Gasteiger charge is -2.41. The van der Waals surface area contributed by atoms with Crippen LogP contribution in [0.4, 0.5) is 4.39 Å². The van der Waals surface area contributed by atoms with Gasteiger partial charge in [0.25, 0.3) is 5.91 Å². The molecule has 2 aliphatic rings. The third-order valence-electron chi connectivity index (χ3n) is 8.41. The first-order valence-corrected chi connectivity index (χ1v) is 14.7. The first kappa shape index (κ1) is 30.7. The molecule has 11 heteroatoms. The number of carbonyl (C=O) groups excluding carboxylic acids is 2. The Labute approximate surface area is 250 Å². The van der Waals surface area contributed by atoms with E-state index in [9.17, 15) is 19.1 Å². The lowest BCUT2D eigenvalue weighted by atomic mass is 9.80. The summed E-state index contributed by atoms with van der Waals surface area (Å²) in [4.78, 5) is 32.6. The highest BCUT2D eigenvalue weighted by molar-refractivity contribution is 5.98. The molecular formula is C32H39FN4O6. The summed E-state index contributed by atoms with van der Waals surface area (Å²) in [5.41, 5.74) is 0.602. The maximum Gasteiger partial charge on any atom is 0.340 e. The normalized spacial score (nSPS) is 22.3. The molecule has 1 amide bonds. The quantitative estimate of drug-likeness (QED) is 0.340. The van der Waals surface area contributed by atoms with Crippen LogP contribution in [0.15, 0.2) is 54.9 Å². The minimum atomic E-state index is -1.07. The second kappa shape index (κ2) is 13.7. The molecule has 230 valence electrons. The van der Waals surface area contributed by atoms with Gasteiger partial charge in [-0.15, -0.1) is 0 Å². The van der Waals surface area contributed by atoms with Gasteiger partial charge in [0, 0.05) is 44.8 Å². The number of amides is 1. The molecule has 2 N–H and O–H groups in total. The smallest absolute Gasteiger partial charge is 0.340 e. The first-order chi connectivity index (χ1) is 20.9. The monoisotopic (exact) mass is 594 g/mol. The van der Waals surface area contributed by atoms with E-state index in [2.05, 4.69) is 15.0 Å². The third kappa shape index (κ3) is 6.58. The van der Waals surface area contributed by atoms with E-state index in [1.165, 1.54) is 25.3 Å². The zero-order valence-electron chi connectivity index (χ0n) is 24.6. The molecule has 0 unspecified atom stereocenters. The van der Waals surface area contributed by atoms with Crippen LogP contribution < -0.4 is 10.1 Å². The fourth-order valence-electron chi connectivity index (χ4n) is 6.25. The second-order valence-electron chi connectivity index (χ2n) is 11.1. The number of benzene rings is 2. The number of methoxy groups -OCH3 is 2. The Bertz CT molecular complexity index is 1410. The van der Waals surface area contributed by atoms with Gasteiger partial charge in [-0.3, -0.25) is 4.79 Å². The van der Waals surface area contributed by atoms with Crippen molar-refractivity contribution in [3.8, 4) is 17.0 Å². The van der Waals surface area contributed by atoms with Crippen LogP contribution >= 0.6 is 0 Å². The number of carbonyl (C=O) groups is 2. The van der Waals surface area contributed by atoms with E-state index in [0.29, 0.717) is 49.6 Å². The molecule has 1 aliphatic heterocycles. The van der Waals surface area contributed by atoms with E-state index in [1.807, 2.05) is 39.8 Å². The van der Waals surface area contributed by atoms with Crippen LogP contribution in [0.3, 0.4) is 0 Å². The fraction of sp³-hybridized carbons (Fsp3) is 0.469. The summed E-state index contributed by atoms with van der Waals surface area (Å²) in [5.74, 6) is -1.32. The van der Waals surface area contributed by atoms with Crippen molar-refractivity contribution in [2.45, 2.75) is 49.8 Å². The summed E-state index contributed by atoms with van der Waals surface area (Å²) < 4.78 is 31.9. The van der Waals surface area contributed by atoms with E-state index in [-0.39, 0.29) is 36.8 Å². The van der Waals surface area contributed by atoms with Gasteiger partial charge in [-0.1, -0.05) is 43.2 Å². The molecule has 3 aromatic rings. The molecule has 1 aliphatic carbocycles. The summed E-state index contributed by atoms with van der Waals surface area (Å²) in [7, 11) is 2.78. The van der Waals surface area contributed by atoms with E-state index >= 15 is 0 Å². The molecule has 2 aromatic carbocycles. The van der Waals surface area contributed by atoms with Gasteiger partial charge in [-0.25, -0.2) is 14.2 Å². The van der Waals surface area contributed by atoms with E-state index in [1.54, 1.807) is 13.4 Å². The first-order valence-electron chi connectivity index (χ1n) is 14.7. The number of nitrogens with one attached hydrogen (secondary N) is 1. The minimum Gasteiger partial charge on any atom is -0.493 e. The molecule has 1 saturated carbocycles.